The zero-order valence-corrected chi connectivity index (χ0v) is 25.5. The summed E-state index contributed by atoms with van der Waals surface area (Å²) in [6.07, 6.45) is 0.262. The molecule has 4 aromatic rings. The van der Waals surface area contributed by atoms with Crippen LogP contribution in [0.2, 0.25) is 0 Å². The second kappa shape index (κ2) is 14.5. The highest BCUT2D eigenvalue weighted by Gasteiger charge is 2.34. The van der Waals surface area contributed by atoms with E-state index in [2.05, 4.69) is 5.32 Å². The highest BCUT2D eigenvalue weighted by Crippen LogP contribution is 2.27. The van der Waals surface area contributed by atoms with Gasteiger partial charge in [-0.05, 0) is 66.9 Å². The number of hydrogen-bond acceptors (Lipinski definition) is 5. The van der Waals surface area contributed by atoms with E-state index < -0.39 is 28.5 Å². The summed E-state index contributed by atoms with van der Waals surface area (Å²) >= 11 is 0. The highest BCUT2D eigenvalue weighted by molar-refractivity contribution is 7.92. The fourth-order valence-corrected chi connectivity index (χ4v) is 6.25. The van der Waals surface area contributed by atoms with Crippen molar-refractivity contribution in [1.82, 2.24) is 10.2 Å². The first-order valence-electron chi connectivity index (χ1n) is 14.1. The molecule has 0 unspecified atom stereocenters. The van der Waals surface area contributed by atoms with E-state index in [4.69, 9.17) is 4.74 Å². The first-order valence-corrected chi connectivity index (χ1v) is 15.6. The molecule has 0 aliphatic carbocycles. The number of amides is 2. The molecule has 8 nitrogen and oxygen atoms in total. The van der Waals surface area contributed by atoms with Crippen molar-refractivity contribution in [2.45, 2.75) is 37.8 Å². The Labute approximate surface area is 254 Å². The predicted molar refractivity (Wildman–Crippen MR) is 168 cm³/mol. The second-order valence-corrected chi connectivity index (χ2v) is 11.9. The number of nitrogens with one attached hydrogen (secondary N) is 1. The summed E-state index contributed by atoms with van der Waals surface area (Å²) in [5, 5.41) is 2.88. The van der Waals surface area contributed by atoms with Crippen molar-refractivity contribution in [3.05, 3.63) is 126 Å². The number of hydrogen-bond donors (Lipinski definition) is 1. The summed E-state index contributed by atoms with van der Waals surface area (Å²) in [6, 6.07) is 30.7. The molecular formula is C34H37N3O5S. The van der Waals surface area contributed by atoms with Gasteiger partial charge in [0.2, 0.25) is 11.8 Å². The molecule has 1 atom stereocenters. The molecule has 9 heteroatoms. The third-order valence-corrected chi connectivity index (χ3v) is 8.98. The van der Waals surface area contributed by atoms with E-state index in [1.165, 1.54) is 24.1 Å². The number of rotatable bonds is 13. The average Bonchev–Trinajstić information content (AvgIpc) is 3.03. The van der Waals surface area contributed by atoms with Crippen molar-refractivity contribution in [3.63, 3.8) is 0 Å². The second-order valence-electron chi connectivity index (χ2n) is 10.1. The van der Waals surface area contributed by atoms with Crippen molar-refractivity contribution in [1.29, 1.82) is 0 Å². The molecular weight excluding hydrogens is 562 g/mol. The quantitative estimate of drug-likeness (QED) is 0.234. The van der Waals surface area contributed by atoms with Crippen molar-refractivity contribution < 1.29 is 22.7 Å². The van der Waals surface area contributed by atoms with E-state index >= 15 is 0 Å². The molecule has 0 radical (unpaired) electrons. The summed E-state index contributed by atoms with van der Waals surface area (Å²) in [4.78, 5) is 29.5. The van der Waals surface area contributed by atoms with Gasteiger partial charge in [0.15, 0.2) is 0 Å². The van der Waals surface area contributed by atoms with Gasteiger partial charge in [-0.25, -0.2) is 8.42 Å². The van der Waals surface area contributed by atoms with Gasteiger partial charge in [0, 0.05) is 19.5 Å². The smallest absolute Gasteiger partial charge is 0.264 e. The molecule has 2 amide bonds. The van der Waals surface area contributed by atoms with Crippen LogP contribution in [0.5, 0.6) is 5.75 Å². The van der Waals surface area contributed by atoms with Gasteiger partial charge in [-0.1, -0.05) is 72.8 Å². The number of sulfonamides is 1. The lowest BCUT2D eigenvalue weighted by Crippen LogP contribution is -2.53. The van der Waals surface area contributed by atoms with Crippen LogP contribution in [0.4, 0.5) is 5.69 Å². The highest BCUT2D eigenvalue weighted by atomic mass is 32.2. The number of methoxy groups -OCH3 is 1. The Morgan fingerprint density at radius 1 is 0.837 bits per heavy atom. The third-order valence-electron chi connectivity index (χ3n) is 7.19. The van der Waals surface area contributed by atoms with Crippen LogP contribution in [0.15, 0.2) is 114 Å². The van der Waals surface area contributed by atoms with Crippen LogP contribution < -0.4 is 14.4 Å². The minimum Gasteiger partial charge on any atom is -0.497 e. The molecule has 0 heterocycles. The maximum atomic E-state index is 14.4. The summed E-state index contributed by atoms with van der Waals surface area (Å²) in [5.74, 6) is -0.270. The number of carbonyl (C=O) groups excluding carboxylic acids is 2. The normalized spacial score (nSPS) is 11.8. The van der Waals surface area contributed by atoms with Gasteiger partial charge in [-0.3, -0.25) is 13.9 Å². The van der Waals surface area contributed by atoms with Gasteiger partial charge in [0.1, 0.15) is 18.3 Å². The number of anilines is 1. The van der Waals surface area contributed by atoms with Crippen molar-refractivity contribution in [2.24, 2.45) is 0 Å². The van der Waals surface area contributed by atoms with Crippen LogP contribution in [0.25, 0.3) is 0 Å². The van der Waals surface area contributed by atoms with Gasteiger partial charge in [0.05, 0.1) is 17.7 Å². The summed E-state index contributed by atoms with van der Waals surface area (Å²) in [6.45, 7) is 3.77. The standard InChI is InChI=1S/C34H37N3O5S/c1-4-35-34(39)32(23-27-14-7-5-8-15-27)36(24-28-16-12-11-13-26(28)2)33(38)25-37(29-19-21-30(42-3)22-20-29)43(40,41)31-17-9-6-10-18-31/h5-22,32H,4,23-25H2,1-3H3,(H,35,39)/t32-/m1/s1. The Balaban J connectivity index is 1.79. The molecule has 0 fully saturated rings. The summed E-state index contributed by atoms with van der Waals surface area (Å²) < 4.78 is 34.4. The van der Waals surface area contributed by atoms with E-state index in [-0.39, 0.29) is 23.8 Å². The van der Waals surface area contributed by atoms with Gasteiger partial charge < -0.3 is 15.0 Å². The summed E-state index contributed by atoms with van der Waals surface area (Å²) in [7, 11) is -2.63. The van der Waals surface area contributed by atoms with Crippen LogP contribution in [-0.2, 0) is 32.6 Å². The van der Waals surface area contributed by atoms with Gasteiger partial charge in [0.25, 0.3) is 10.0 Å². The van der Waals surface area contributed by atoms with E-state index in [1.54, 1.807) is 42.5 Å². The molecule has 0 bridgehead atoms. The zero-order valence-electron chi connectivity index (χ0n) is 24.6. The minimum atomic E-state index is -4.15. The number of benzene rings is 4. The number of aryl methyl sites for hydroxylation is 1. The minimum absolute atomic E-state index is 0.0497. The van der Waals surface area contributed by atoms with Gasteiger partial charge >= 0.3 is 0 Å². The fourth-order valence-electron chi connectivity index (χ4n) is 4.81. The lowest BCUT2D eigenvalue weighted by atomic mass is 10.0. The van der Waals surface area contributed by atoms with E-state index in [1.807, 2.05) is 68.4 Å². The molecule has 43 heavy (non-hydrogen) atoms. The molecule has 4 rings (SSSR count). The topological polar surface area (TPSA) is 96.0 Å². The van der Waals surface area contributed by atoms with Gasteiger partial charge in [-0.15, -0.1) is 0 Å². The number of ether oxygens (including phenoxy) is 1. The van der Waals surface area contributed by atoms with E-state index in [0.29, 0.717) is 18.0 Å². The molecule has 224 valence electrons. The SMILES string of the molecule is CCNC(=O)[C@@H](Cc1ccccc1)N(Cc1ccccc1C)C(=O)CN(c1ccc(OC)cc1)S(=O)(=O)c1ccccc1. The number of likely N-dealkylation sites (N-methyl/N-ethyl adjacent to an activating group) is 1. The molecule has 0 aromatic heterocycles. The largest absolute Gasteiger partial charge is 0.497 e. The Morgan fingerprint density at radius 2 is 1.44 bits per heavy atom. The fraction of sp³-hybridized carbons (Fsp3) is 0.235. The Hall–Kier alpha value is -4.63. The molecule has 0 aliphatic rings. The first kappa shape index (κ1) is 31.3. The maximum absolute atomic E-state index is 14.4. The Bertz CT molecular complexity index is 1610. The lowest BCUT2D eigenvalue weighted by molar-refractivity contribution is -0.140. The molecule has 1 N–H and O–H groups in total. The van der Waals surface area contributed by atoms with E-state index in [0.717, 1.165) is 21.0 Å². The monoisotopic (exact) mass is 599 g/mol. The predicted octanol–water partition coefficient (Wildman–Crippen LogP) is 4.98. The number of carbonyl (C=O) groups is 2. The molecule has 4 aromatic carbocycles. The van der Waals surface area contributed by atoms with Crippen LogP contribution in [-0.4, -0.2) is 51.4 Å². The Morgan fingerprint density at radius 3 is 2.05 bits per heavy atom. The molecule has 0 saturated heterocycles. The van der Waals surface area contributed by atoms with Gasteiger partial charge in [-0.2, -0.15) is 0 Å². The van der Waals surface area contributed by atoms with E-state index in [9.17, 15) is 18.0 Å². The van der Waals surface area contributed by atoms with Crippen LogP contribution in [0.1, 0.15) is 23.6 Å². The average molecular weight is 600 g/mol. The van der Waals surface area contributed by atoms with Crippen molar-refractivity contribution >= 4 is 27.5 Å². The lowest BCUT2D eigenvalue weighted by Gasteiger charge is -2.34. The maximum Gasteiger partial charge on any atom is 0.264 e. The number of nitrogens with zero attached hydrogens (tertiary/aromatic N) is 2. The third kappa shape index (κ3) is 7.81. The molecule has 0 spiro atoms. The van der Waals surface area contributed by atoms with Crippen LogP contribution in [0.3, 0.4) is 0 Å². The van der Waals surface area contributed by atoms with Crippen LogP contribution in [0, 0.1) is 6.92 Å². The van der Waals surface area contributed by atoms with Crippen molar-refractivity contribution in [3.8, 4) is 5.75 Å². The summed E-state index contributed by atoms with van der Waals surface area (Å²) in [5.41, 5.74) is 3.00. The molecule has 0 saturated carbocycles. The van der Waals surface area contributed by atoms with Crippen molar-refractivity contribution in [2.75, 3.05) is 24.5 Å². The zero-order chi connectivity index (χ0) is 30.8. The Kier molecular flexibility index (Phi) is 10.6. The molecule has 0 aliphatic heterocycles. The first-order chi connectivity index (χ1) is 20.7. The van der Waals surface area contributed by atoms with Crippen LogP contribution >= 0.6 is 0 Å².